The minimum atomic E-state index is -3.31. The predicted octanol–water partition coefficient (Wildman–Crippen LogP) is 2.45. The maximum absolute atomic E-state index is 12.2. The lowest BCUT2D eigenvalue weighted by molar-refractivity contribution is 0.0950. The van der Waals surface area contributed by atoms with Gasteiger partial charge in [-0.05, 0) is 17.7 Å². The van der Waals surface area contributed by atoms with Crippen LogP contribution >= 0.6 is 0 Å². The first-order chi connectivity index (χ1) is 12.9. The molecular weight excluding hydrogens is 364 g/mol. The first-order valence-electron chi connectivity index (χ1n) is 8.13. The van der Waals surface area contributed by atoms with Crippen LogP contribution in [-0.2, 0) is 16.6 Å². The Labute approximate surface area is 157 Å². The van der Waals surface area contributed by atoms with Gasteiger partial charge < -0.3 is 5.32 Å². The number of hydrogen-bond acceptors (Lipinski definition) is 5. The van der Waals surface area contributed by atoms with Crippen LogP contribution in [0.5, 0.6) is 0 Å². The topological polar surface area (TPSA) is 101 Å². The van der Waals surface area contributed by atoms with Gasteiger partial charge in [-0.25, -0.2) is 18.4 Å². The molecule has 27 heavy (non-hydrogen) atoms. The van der Waals surface area contributed by atoms with Crippen LogP contribution in [0.25, 0.3) is 11.4 Å². The summed E-state index contributed by atoms with van der Waals surface area (Å²) in [6.07, 6.45) is 4.07. The van der Waals surface area contributed by atoms with Gasteiger partial charge in [0.15, 0.2) is 5.82 Å². The van der Waals surface area contributed by atoms with Crippen molar-refractivity contribution < 1.29 is 13.2 Å². The van der Waals surface area contributed by atoms with E-state index in [1.807, 2.05) is 30.3 Å². The molecule has 0 saturated heterocycles. The van der Waals surface area contributed by atoms with E-state index in [1.54, 1.807) is 24.3 Å². The number of nitrogens with zero attached hydrogens (tertiary/aromatic N) is 2. The zero-order valence-electron chi connectivity index (χ0n) is 14.6. The summed E-state index contributed by atoms with van der Waals surface area (Å²) < 4.78 is 24.8. The lowest BCUT2D eigenvalue weighted by Crippen LogP contribution is -2.23. The zero-order chi connectivity index (χ0) is 19.3. The van der Waals surface area contributed by atoms with Gasteiger partial charge in [-0.15, -0.1) is 0 Å². The molecule has 0 bridgehead atoms. The normalized spacial score (nSPS) is 11.0. The molecule has 2 aromatic carbocycles. The van der Waals surface area contributed by atoms with E-state index in [1.165, 1.54) is 12.4 Å². The largest absolute Gasteiger partial charge is 0.348 e. The van der Waals surface area contributed by atoms with Gasteiger partial charge in [0.1, 0.15) is 0 Å². The Morgan fingerprint density at radius 3 is 2.19 bits per heavy atom. The van der Waals surface area contributed by atoms with Crippen molar-refractivity contribution in [2.45, 2.75) is 6.54 Å². The SMILES string of the molecule is CS(=O)(=O)Nc1ccc(CNC(=O)c2cnc(-c3ccccc3)nc2)cc1. The van der Waals surface area contributed by atoms with Crippen molar-refractivity contribution in [1.29, 1.82) is 0 Å². The Morgan fingerprint density at radius 2 is 1.59 bits per heavy atom. The number of benzene rings is 2. The van der Waals surface area contributed by atoms with Crippen molar-refractivity contribution in [2.75, 3.05) is 11.0 Å². The second-order valence-corrected chi connectivity index (χ2v) is 7.66. The van der Waals surface area contributed by atoms with Gasteiger partial charge in [0, 0.05) is 30.2 Å². The van der Waals surface area contributed by atoms with Crippen molar-refractivity contribution in [3.05, 3.63) is 78.1 Å². The summed E-state index contributed by atoms with van der Waals surface area (Å²) in [7, 11) is -3.31. The quantitative estimate of drug-likeness (QED) is 0.682. The number of carbonyl (C=O) groups is 1. The highest BCUT2D eigenvalue weighted by Gasteiger charge is 2.08. The fraction of sp³-hybridized carbons (Fsp3) is 0.105. The van der Waals surface area contributed by atoms with Crippen LogP contribution in [0.3, 0.4) is 0 Å². The first kappa shape index (κ1) is 18.5. The number of aromatic nitrogens is 2. The molecule has 0 aliphatic heterocycles. The van der Waals surface area contributed by atoms with E-state index in [9.17, 15) is 13.2 Å². The number of carbonyl (C=O) groups excluding carboxylic acids is 1. The zero-order valence-corrected chi connectivity index (χ0v) is 15.4. The molecule has 3 rings (SSSR count). The number of amides is 1. The van der Waals surface area contributed by atoms with Crippen molar-refractivity contribution in [1.82, 2.24) is 15.3 Å². The Balaban J connectivity index is 1.59. The van der Waals surface area contributed by atoms with Crippen molar-refractivity contribution in [3.63, 3.8) is 0 Å². The molecular formula is C19H18N4O3S. The summed E-state index contributed by atoms with van der Waals surface area (Å²) in [5, 5.41) is 2.78. The lowest BCUT2D eigenvalue weighted by atomic mass is 10.2. The Kier molecular flexibility index (Phi) is 5.46. The molecule has 3 aromatic rings. The van der Waals surface area contributed by atoms with Crippen molar-refractivity contribution in [2.24, 2.45) is 0 Å². The molecule has 138 valence electrons. The monoisotopic (exact) mass is 382 g/mol. The van der Waals surface area contributed by atoms with E-state index >= 15 is 0 Å². The maximum Gasteiger partial charge on any atom is 0.254 e. The highest BCUT2D eigenvalue weighted by molar-refractivity contribution is 7.92. The van der Waals surface area contributed by atoms with Gasteiger partial charge in [0.05, 0.1) is 11.8 Å². The van der Waals surface area contributed by atoms with Gasteiger partial charge >= 0.3 is 0 Å². The molecule has 1 heterocycles. The number of anilines is 1. The molecule has 0 aliphatic rings. The molecule has 2 N–H and O–H groups in total. The summed E-state index contributed by atoms with van der Waals surface area (Å²) in [5.74, 6) is 0.272. The fourth-order valence-electron chi connectivity index (χ4n) is 2.37. The molecule has 1 amide bonds. The van der Waals surface area contributed by atoms with E-state index in [0.717, 1.165) is 17.4 Å². The van der Waals surface area contributed by atoms with Gasteiger partial charge in [-0.3, -0.25) is 9.52 Å². The summed E-state index contributed by atoms with van der Waals surface area (Å²) in [6, 6.07) is 16.3. The lowest BCUT2D eigenvalue weighted by Gasteiger charge is -2.07. The van der Waals surface area contributed by atoms with Crippen LogP contribution in [0, 0.1) is 0 Å². The molecule has 0 fully saturated rings. The molecule has 0 saturated carbocycles. The average molecular weight is 382 g/mol. The summed E-state index contributed by atoms with van der Waals surface area (Å²) >= 11 is 0. The Bertz CT molecular complexity index is 1020. The molecule has 0 radical (unpaired) electrons. The predicted molar refractivity (Wildman–Crippen MR) is 104 cm³/mol. The van der Waals surface area contributed by atoms with Gasteiger partial charge in [0.2, 0.25) is 10.0 Å². The minimum Gasteiger partial charge on any atom is -0.348 e. The molecule has 0 atom stereocenters. The van der Waals surface area contributed by atoms with E-state index < -0.39 is 10.0 Å². The van der Waals surface area contributed by atoms with Crippen LogP contribution < -0.4 is 10.0 Å². The van der Waals surface area contributed by atoms with Crippen LogP contribution in [0.15, 0.2) is 67.0 Å². The van der Waals surface area contributed by atoms with E-state index in [4.69, 9.17) is 0 Å². The second-order valence-electron chi connectivity index (χ2n) is 5.92. The highest BCUT2D eigenvalue weighted by Crippen LogP contribution is 2.14. The molecule has 8 heteroatoms. The number of rotatable bonds is 6. The van der Waals surface area contributed by atoms with Gasteiger partial charge in [-0.1, -0.05) is 42.5 Å². The second kappa shape index (κ2) is 7.96. The maximum atomic E-state index is 12.2. The van der Waals surface area contributed by atoms with Crippen LogP contribution in [0.1, 0.15) is 15.9 Å². The molecule has 7 nitrogen and oxygen atoms in total. The minimum absolute atomic E-state index is 0.284. The van der Waals surface area contributed by atoms with Crippen LogP contribution in [0.2, 0.25) is 0 Å². The van der Waals surface area contributed by atoms with Crippen LogP contribution in [0.4, 0.5) is 5.69 Å². The van der Waals surface area contributed by atoms with Crippen LogP contribution in [-0.4, -0.2) is 30.5 Å². The summed E-state index contributed by atoms with van der Waals surface area (Å²) in [6.45, 7) is 0.304. The first-order valence-corrected chi connectivity index (χ1v) is 10.0. The number of nitrogens with one attached hydrogen (secondary N) is 2. The van der Waals surface area contributed by atoms with Crippen molar-refractivity contribution >= 4 is 21.6 Å². The average Bonchev–Trinajstić information content (AvgIpc) is 2.67. The molecule has 0 spiro atoms. The van der Waals surface area contributed by atoms with Gasteiger partial charge in [0.25, 0.3) is 5.91 Å². The summed E-state index contributed by atoms with van der Waals surface area (Å²) in [4.78, 5) is 20.7. The third-order valence-corrected chi connectivity index (χ3v) is 4.26. The number of hydrogen-bond donors (Lipinski definition) is 2. The van der Waals surface area contributed by atoms with E-state index in [2.05, 4.69) is 20.0 Å². The smallest absolute Gasteiger partial charge is 0.254 e. The highest BCUT2D eigenvalue weighted by atomic mass is 32.2. The molecule has 1 aromatic heterocycles. The third kappa shape index (κ3) is 5.35. The van der Waals surface area contributed by atoms with E-state index in [0.29, 0.717) is 23.6 Å². The fourth-order valence-corrected chi connectivity index (χ4v) is 2.93. The Hall–Kier alpha value is -3.26. The summed E-state index contributed by atoms with van der Waals surface area (Å²) in [5.41, 5.74) is 2.55. The van der Waals surface area contributed by atoms with Crippen molar-refractivity contribution in [3.8, 4) is 11.4 Å². The molecule has 0 aliphatic carbocycles. The third-order valence-electron chi connectivity index (χ3n) is 3.66. The van der Waals surface area contributed by atoms with Gasteiger partial charge in [-0.2, -0.15) is 0 Å². The van der Waals surface area contributed by atoms with E-state index in [-0.39, 0.29) is 5.91 Å². The number of sulfonamides is 1. The standard InChI is InChI=1S/C19H18N4O3S/c1-27(25,26)23-17-9-7-14(8-10-17)11-22-19(24)16-12-20-18(21-13-16)15-5-3-2-4-6-15/h2-10,12-13,23H,11H2,1H3,(H,22,24). The Morgan fingerprint density at radius 1 is 0.963 bits per heavy atom. The molecule has 0 unspecified atom stereocenters.